The van der Waals surface area contributed by atoms with Gasteiger partial charge in [0.25, 0.3) is 5.91 Å². The molecule has 1 amide bonds. The third-order valence-corrected chi connectivity index (χ3v) is 4.92. The number of nitrogens with zero attached hydrogens (tertiary/aromatic N) is 4. The molecule has 0 radical (unpaired) electrons. The third kappa shape index (κ3) is 2.21. The second kappa shape index (κ2) is 5.47. The second-order valence-electron chi connectivity index (χ2n) is 6.48. The topological polar surface area (TPSA) is 64.7 Å². The van der Waals surface area contributed by atoms with Crippen LogP contribution in [-0.4, -0.2) is 25.5 Å². The largest absolute Gasteiger partial charge is 0.344 e. The van der Waals surface area contributed by atoms with E-state index in [1.165, 1.54) is 11.3 Å². The minimum Gasteiger partial charge on any atom is -0.344 e. The van der Waals surface area contributed by atoms with E-state index in [-0.39, 0.29) is 11.9 Å². The molecule has 1 aromatic carbocycles. The highest BCUT2D eigenvalue weighted by molar-refractivity contribution is 6.05. The van der Waals surface area contributed by atoms with Gasteiger partial charge in [-0.1, -0.05) is 18.2 Å². The molecule has 0 spiro atoms. The lowest BCUT2D eigenvalue weighted by Crippen LogP contribution is -2.31. The first kappa shape index (κ1) is 14.9. The van der Waals surface area contributed by atoms with Gasteiger partial charge in [-0.2, -0.15) is 10.2 Å². The normalized spacial score (nSPS) is 17.0. The number of rotatable bonds is 2. The molecule has 1 aliphatic carbocycles. The highest BCUT2D eigenvalue weighted by Crippen LogP contribution is 2.32. The molecule has 124 valence electrons. The van der Waals surface area contributed by atoms with E-state index in [1.54, 1.807) is 4.68 Å². The van der Waals surface area contributed by atoms with E-state index in [4.69, 9.17) is 0 Å². The molecule has 6 nitrogen and oxygen atoms in total. The lowest BCUT2D eigenvalue weighted by molar-refractivity contribution is 0.0928. The lowest BCUT2D eigenvalue weighted by atomic mass is 9.91. The van der Waals surface area contributed by atoms with E-state index in [2.05, 4.69) is 15.5 Å². The van der Waals surface area contributed by atoms with Crippen molar-refractivity contribution in [1.82, 2.24) is 24.9 Å². The summed E-state index contributed by atoms with van der Waals surface area (Å²) in [6.07, 6.45) is 3.02. The Morgan fingerprint density at radius 3 is 2.83 bits per heavy atom. The Bertz CT molecular complexity index is 936. The molecule has 1 aliphatic rings. The van der Waals surface area contributed by atoms with Crippen LogP contribution in [0.15, 0.2) is 24.3 Å². The minimum atomic E-state index is -0.118. The molecule has 24 heavy (non-hydrogen) atoms. The standard InChI is InChI=1S/C18H21N5O/c1-11-16-13(8-6-10-15(16)23(3)20-11)19-18(24)17-12-7-4-5-9-14(12)22(2)21-17/h4-5,7,9,13H,6,8,10H2,1-3H3,(H,19,24). The van der Waals surface area contributed by atoms with Gasteiger partial charge < -0.3 is 5.32 Å². The predicted molar refractivity (Wildman–Crippen MR) is 91.8 cm³/mol. The molecule has 0 bridgehead atoms. The average molecular weight is 323 g/mol. The fourth-order valence-corrected chi connectivity index (χ4v) is 3.84. The molecule has 0 saturated heterocycles. The van der Waals surface area contributed by atoms with Crippen LogP contribution in [0.2, 0.25) is 0 Å². The molecule has 2 aromatic heterocycles. The number of hydrogen-bond donors (Lipinski definition) is 1. The van der Waals surface area contributed by atoms with Crippen molar-refractivity contribution in [3.05, 3.63) is 46.9 Å². The number of para-hydroxylation sites is 1. The Hall–Kier alpha value is -2.63. The number of benzene rings is 1. The van der Waals surface area contributed by atoms with Crippen LogP contribution in [0.1, 0.15) is 46.3 Å². The minimum absolute atomic E-state index is 0.00992. The van der Waals surface area contributed by atoms with Crippen LogP contribution in [0, 0.1) is 6.92 Å². The fourth-order valence-electron chi connectivity index (χ4n) is 3.84. The summed E-state index contributed by atoms with van der Waals surface area (Å²) in [6.45, 7) is 2.01. The van der Waals surface area contributed by atoms with Crippen molar-refractivity contribution < 1.29 is 4.79 Å². The summed E-state index contributed by atoms with van der Waals surface area (Å²) >= 11 is 0. The molecule has 0 saturated carbocycles. The van der Waals surface area contributed by atoms with Gasteiger partial charge in [-0.3, -0.25) is 14.2 Å². The van der Waals surface area contributed by atoms with Crippen molar-refractivity contribution in [3.8, 4) is 0 Å². The van der Waals surface area contributed by atoms with E-state index in [0.29, 0.717) is 5.69 Å². The molecular weight excluding hydrogens is 302 g/mol. The molecule has 2 heterocycles. The summed E-state index contributed by atoms with van der Waals surface area (Å²) in [5.41, 5.74) is 4.86. The summed E-state index contributed by atoms with van der Waals surface area (Å²) in [7, 11) is 3.84. The van der Waals surface area contributed by atoms with Gasteiger partial charge in [0, 0.05) is 30.7 Å². The van der Waals surface area contributed by atoms with Gasteiger partial charge >= 0.3 is 0 Å². The van der Waals surface area contributed by atoms with E-state index in [1.807, 2.05) is 50.0 Å². The van der Waals surface area contributed by atoms with Gasteiger partial charge in [0.05, 0.1) is 17.3 Å². The highest BCUT2D eigenvalue weighted by atomic mass is 16.2. The number of hydrogen-bond acceptors (Lipinski definition) is 3. The van der Waals surface area contributed by atoms with Crippen molar-refractivity contribution in [1.29, 1.82) is 0 Å². The third-order valence-electron chi connectivity index (χ3n) is 4.92. The van der Waals surface area contributed by atoms with Crippen LogP contribution in [0.25, 0.3) is 10.9 Å². The van der Waals surface area contributed by atoms with Crippen molar-refractivity contribution in [2.24, 2.45) is 14.1 Å². The highest BCUT2D eigenvalue weighted by Gasteiger charge is 2.28. The van der Waals surface area contributed by atoms with E-state index in [0.717, 1.165) is 35.9 Å². The number of aryl methyl sites for hydroxylation is 3. The first-order valence-electron chi connectivity index (χ1n) is 8.31. The summed E-state index contributed by atoms with van der Waals surface area (Å²) in [4.78, 5) is 12.9. The van der Waals surface area contributed by atoms with Crippen LogP contribution in [0.3, 0.4) is 0 Å². The Morgan fingerprint density at radius 2 is 2.00 bits per heavy atom. The Kier molecular flexibility index (Phi) is 3.40. The fraction of sp³-hybridized carbons (Fsp3) is 0.389. The molecule has 1 unspecified atom stereocenters. The monoisotopic (exact) mass is 323 g/mol. The Balaban J connectivity index is 1.68. The first-order valence-corrected chi connectivity index (χ1v) is 8.31. The van der Waals surface area contributed by atoms with Crippen LogP contribution in [-0.2, 0) is 20.5 Å². The summed E-state index contributed by atoms with van der Waals surface area (Å²) in [5.74, 6) is -0.118. The molecule has 0 aliphatic heterocycles. The predicted octanol–water partition coefficient (Wildman–Crippen LogP) is 2.42. The van der Waals surface area contributed by atoms with Gasteiger partial charge in [0.1, 0.15) is 0 Å². The van der Waals surface area contributed by atoms with Gasteiger partial charge in [-0.25, -0.2) is 0 Å². The molecule has 1 N–H and O–H groups in total. The van der Waals surface area contributed by atoms with Crippen LogP contribution in [0.4, 0.5) is 0 Å². The molecular formula is C18H21N5O. The molecule has 6 heteroatoms. The van der Waals surface area contributed by atoms with Gasteiger partial charge in [-0.05, 0) is 32.3 Å². The van der Waals surface area contributed by atoms with E-state index in [9.17, 15) is 4.79 Å². The molecule has 1 atom stereocenters. The summed E-state index contributed by atoms with van der Waals surface area (Å²) < 4.78 is 3.70. The number of amides is 1. The van der Waals surface area contributed by atoms with Gasteiger partial charge in [0.2, 0.25) is 0 Å². The molecule has 4 rings (SSSR count). The van der Waals surface area contributed by atoms with Crippen LogP contribution < -0.4 is 5.32 Å². The Morgan fingerprint density at radius 1 is 1.21 bits per heavy atom. The SMILES string of the molecule is Cc1nn(C)c2c1C(NC(=O)c1nn(C)c3ccccc13)CCC2. The first-order chi connectivity index (χ1) is 11.6. The number of carbonyl (C=O) groups excluding carboxylic acids is 1. The van der Waals surface area contributed by atoms with E-state index >= 15 is 0 Å². The summed E-state index contributed by atoms with van der Waals surface area (Å²) in [6, 6.07) is 7.82. The molecule has 3 aromatic rings. The molecule has 0 fully saturated rings. The maximum Gasteiger partial charge on any atom is 0.272 e. The van der Waals surface area contributed by atoms with Crippen LogP contribution >= 0.6 is 0 Å². The zero-order valence-corrected chi connectivity index (χ0v) is 14.2. The van der Waals surface area contributed by atoms with Gasteiger partial charge in [0.15, 0.2) is 5.69 Å². The van der Waals surface area contributed by atoms with E-state index < -0.39 is 0 Å². The Labute approximate surface area is 140 Å². The lowest BCUT2D eigenvalue weighted by Gasteiger charge is -2.24. The smallest absolute Gasteiger partial charge is 0.272 e. The summed E-state index contributed by atoms with van der Waals surface area (Å²) in [5, 5.41) is 13.0. The second-order valence-corrected chi connectivity index (χ2v) is 6.48. The van der Waals surface area contributed by atoms with Crippen molar-refractivity contribution in [3.63, 3.8) is 0 Å². The van der Waals surface area contributed by atoms with Crippen molar-refractivity contribution >= 4 is 16.8 Å². The quantitative estimate of drug-likeness (QED) is 0.788. The zero-order valence-electron chi connectivity index (χ0n) is 14.2. The maximum absolute atomic E-state index is 12.9. The maximum atomic E-state index is 12.9. The number of nitrogens with one attached hydrogen (secondary N) is 1. The van der Waals surface area contributed by atoms with Gasteiger partial charge in [-0.15, -0.1) is 0 Å². The van der Waals surface area contributed by atoms with Crippen LogP contribution in [0.5, 0.6) is 0 Å². The number of carbonyl (C=O) groups is 1. The zero-order chi connectivity index (χ0) is 16.8. The average Bonchev–Trinajstić information content (AvgIpc) is 3.06. The van der Waals surface area contributed by atoms with Crippen molar-refractivity contribution in [2.45, 2.75) is 32.2 Å². The van der Waals surface area contributed by atoms with Crippen molar-refractivity contribution in [2.75, 3.05) is 0 Å². The number of fused-ring (bicyclic) bond motifs is 2. The number of aromatic nitrogens is 4.